The van der Waals surface area contributed by atoms with Gasteiger partial charge in [0.2, 0.25) is 0 Å². The van der Waals surface area contributed by atoms with E-state index in [1.807, 2.05) is 12.1 Å². The second-order valence-electron chi connectivity index (χ2n) is 5.48. The number of phenols is 1. The van der Waals surface area contributed by atoms with Crippen LogP contribution in [-0.2, 0) is 5.41 Å². The van der Waals surface area contributed by atoms with Crippen LogP contribution in [0.3, 0.4) is 0 Å². The highest BCUT2D eigenvalue weighted by molar-refractivity contribution is 5.64. The smallest absolute Gasteiger partial charge is 0.172 e. The third-order valence-electron chi connectivity index (χ3n) is 4.47. The Morgan fingerprint density at radius 2 is 2.25 bits per heavy atom. The van der Waals surface area contributed by atoms with Gasteiger partial charge in [0, 0.05) is 19.2 Å². The number of phenolic OH excluding ortho intramolecular Hbond substituents is 1. The van der Waals surface area contributed by atoms with Gasteiger partial charge in [0.05, 0.1) is 19.0 Å². The first-order chi connectivity index (χ1) is 7.54. The first-order valence-corrected chi connectivity index (χ1v) is 5.93. The quantitative estimate of drug-likeness (QED) is 0.659. The average molecular weight is 219 g/mol. The molecular weight excluding hydrogens is 200 g/mol. The molecule has 0 amide bonds. The van der Waals surface area contributed by atoms with E-state index in [0.29, 0.717) is 11.9 Å². The van der Waals surface area contributed by atoms with Crippen molar-refractivity contribution in [2.45, 2.75) is 24.9 Å². The number of anilines is 1. The normalized spacial score (nSPS) is 36.3. The third-order valence-corrected chi connectivity index (χ3v) is 4.47. The summed E-state index contributed by atoms with van der Waals surface area (Å²) in [6, 6.07) is 5.78. The molecule has 3 nitrogen and oxygen atoms in total. The topological polar surface area (TPSA) is 27.9 Å². The van der Waals surface area contributed by atoms with Gasteiger partial charge in [-0.1, -0.05) is 0 Å². The molecule has 0 radical (unpaired) electrons. The van der Waals surface area contributed by atoms with Crippen molar-refractivity contribution >= 4 is 5.69 Å². The highest BCUT2D eigenvalue weighted by Gasteiger charge is 2.55. The Bertz CT molecular complexity index is 446. The third kappa shape index (κ3) is 1.02. The van der Waals surface area contributed by atoms with Gasteiger partial charge in [0.25, 0.3) is 0 Å². The summed E-state index contributed by atoms with van der Waals surface area (Å²) in [7, 11) is 4.43. The summed E-state index contributed by atoms with van der Waals surface area (Å²) in [5.74, 6) is 0.388. The Balaban J connectivity index is 2.20. The maximum absolute atomic E-state index is 9.66. The summed E-state index contributed by atoms with van der Waals surface area (Å²) in [6.45, 7) is 3.54. The molecule has 0 saturated carbocycles. The van der Waals surface area contributed by atoms with E-state index in [1.165, 1.54) is 24.2 Å². The molecule has 0 bridgehead atoms. The van der Waals surface area contributed by atoms with E-state index in [9.17, 15) is 5.11 Å². The van der Waals surface area contributed by atoms with Crippen LogP contribution in [0.2, 0.25) is 0 Å². The largest absolute Gasteiger partial charge is 0.508 e. The number of quaternary nitrogens is 1. The number of likely N-dealkylation sites (N-methyl/N-ethyl adjacent to an activating group) is 2. The SMILES string of the molecule is CN1c2ccc(O)cc2[C@]2(C)CC[NH+](C)[C@H]12. The van der Waals surface area contributed by atoms with E-state index in [2.05, 4.69) is 25.9 Å². The molecule has 3 atom stereocenters. The zero-order valence-electron chi connectivity index (χ0n) is 10.1. The van der Waals surface area contributed by atoms with Crippen molar-refractivity contribution in [1.82, 2.24) is 0 Å². The first kappa shape index (κ1) is 9.97. The van der Waals surface area contributed by atoms with Gasteiger partial charge >= 0.3 is 0 Å². The Hall–Kier alpha value is -1.22. The molecule has 0 aliphatic carbocycles. The average Bonchev–Trinajstić information content (AvgIpc) is 2.65. The van der Waals surface area contributed by atoms with Gasteiger partial charge in [0.15, 0.2) is 6.17 Å². The molecule has 3 heteroatoms. The molecule has 2 aliphatic heterocycles. The van der Waals surface area contributed by atoms with Crippen LogP contribution < -0.4 is 9.80 Å². The van der Waals surface area contributed by atoms with Crippen LogP contribution in [-0.4, -0.2) is 31.9 Å². The minimum atomic E-state index is 0.201. The maximum atomic E-state index is 9.66. The van der Waals surface area contributed by atoms with E-state index in [1.54, 1.807) is 11.0 Å². The fourth-order valence-electron chi connectivity index (χ4n) is 3.74. The molecule has 1 aromatic carbocycles. The first-order valence-electron chi connectivity index (χ1n) is 5.93. The molecule has 0 aromatic heterocycles. The lowest BCUT2D eigenvalue weighted by atomic mass is 9.81. The second-order valence-corrected chi connectivity index (χ2v) is 5.48. The summed E-state index contributed by atoms with van der Waals surface area (Å²) in [5, 5.41) is 9.66. The standard InChI is InChI=1S/C13H18N2O/c1-13-6-7-14(2)12(13)15(3)11-5-4-9(16)8-10(11)13/h4-5,8,12,16H,6-7H2,1-3H3/p+1/t12-,13+/m1/s1. The number of nitrogens with one attached hydrogen (secondary N) is 1. The van der Waals surface area contributed by atoms with E-state index < -0.39 is 0 Å². The van der Waals surface area contributed by atoms with Crippen LogP contribution >= 0.6 is 0 Å². The van der Waals surface area contributed by atoms with E-state index in [0.717, 1.165) is 0 Å². The number of likely N-dealkylation sites (tertiary alicyclic amines) is 1. The lowest BCUT2D eigenvalue weighted by Gasteiger charge is -2.28. The second kappa shape index (κ2) is 2.92. The van der Waals surface area contributed by atoms with Crippen LogP contribution in [0.25, 0.3) is 0 Å². The van der Waals surface area contributed by atoms with E-state index >= 15 is 0 Å². The molecular formula is C13H19N2O+. The zero-order valence-corrected chi connectivity index (χ0v) is 10.1. The van der Waals surface area contributed by atoms with Crippen molar-refractivity contribution in [2.75, 3.05) is 25.5 Å². The number of fused-ring (bicyclic) bond motifs is 3. The van der Waals surface area contributed by atoms with Gasteiger partial charge in [-0.15, -0.1) is 0 Å². The van der Waals surface area contributed by atoms with Crippen molar-refractivity contribution in [1.29, 1.82) is 0 Å². The predicted molar refractivity (Wildman–Crippen MR) is 64.0 cm³/mol. The highest BCUT2D eigenvalue weighted by atomic mass is 16.3. The number of nitrogens with zero attached hydrogens (tertiary/aromatic N) is 1. The summed E-state index contributed by atoms with van der Waals surface area (Å²) in [4.78, 5) is 3.94. The minimum Gasteiger partial charge on any atom is -0.508 e. The summed E-state index contributed by atoms with van der Waals surface area (Å²) >= 11 is 0. The lowest BCUT2D eigenvalue weighted by molar-refractivity contribution is -0.893. The molecule has 0 spiro atoms. The number of hydrogen-bond donors (Lipinski definition) is 2. The number of aromatic hydroxyl groups is 1. The fraction of sp³-hybridized carbons (Fsp3) is 0.538. The predicted octanol–water partition coefficient (Wildman–Crippen LogP) is 0.344. The Labute approximate surface area is 96.3 Å². The zero-order chi connectivity index (χ0) is 11.5. The lowest BCUT2D eigenvalue weighted by Crippen LogP contribution is -3.13. The molecule has 1 saturated heterocycles. The van der Waals surface area contributed by atoms with Gasteiger partial charge in [0.1, 0.15) is 5.75 Å². The molecule has 2 N–H and O–H groups in total. The van der Waals surface area contributed by atoms with Crippen LogP contribution in [0.5, 0.6) is 5.75 Å². The van der Waals surface area contributed by atoms with Crippen molar-refractivity contribution in [3.8, 4) is 5.75 Å². The Morgan fingerprint density at radius 1 is 1.50 bits per heavy atom. The highest BCUT2D eigenvalue weighted by Crippen LogP contribution is 2.47. The number of benzene rings is 1. The van der Waals surface area contributed by atoms with Gasteiger partial charge in [-0.05, 0) is 30.7 Å². The Kier molecular flexibility index (Phi) is 1.82. The van der Waals surface area contributed by atoms with Crippen LogP contribution in [0, 0.1) is 0 Å². The molecule has 1 fully saturated rings. The minimum absolute atomic E-state index is 0.201. The van der Waals surface area contributed by atoms with Crippen molar-refractivity contribution in [3.05, 3.63) is 23.8 Å². The monoisotopic (exact) mass is 219 g/mol. The summed E-state index contributed by atoms with van der Waals surface area (Å²) in [5.41, 5.74) is 2.80. The van der Waals surface area contributed by atoms with Gasteiger partial charge < -0.3 is 14.9 Å². The molecule has 2 aliphatic rings. The molecule has 16 heavy (non-hydrogen) atoms. The van der Waals surface area contributed by atoms with Crippen LogP contribution in [0.1, 0.15) is 18.9 Å². The van der Waals surface area contributed by atoms with Gasteiger partial charge in [-0.2, -0.15) is 0 Å². The van der Waals surface area contributed by atoms with E-state index in [4.69, 9.17) is 0 Å². The molecule has 1 aromatic rings. The molecule has 86 valence electrons. The van der Waals surface area contributed by atoms with Crippen LogP contribution in [0.15, 0.2) is 18.2 Å². The van der Waals surface area contributed by atoms with Gasteiger partial charge in [-0.25, -0.2) is 0 Å². The van der Waals surface area contributed by atoms with Crippen molar-refractivity contribution in [3.63, 3.8) is 0 Å². The molecule has 1 unspecified atom stereocenters. The van der Waals surface area contributed by atoms with Crippen molar-refractivity contribution < 1.29 is 10.0 Å². The maximum Gasteiger partial charge on any atom is 0.172 e. The number of rotatable bonds is 0. The van der Waals surface area contributed by atoms with E-state index in [-0.39, 0.29) is 5.41 Å². The van der Waals surface area contributed by atoms with Crippen molar-refractivity contribution in [2.24, 2.45) is 0 Å². The Morgan fingerprint density at radius 3 is 3.00 bits per heavy atom. The molecule has 3 rings (SSSR count). The number of hydrogen-bond acceptors (Lipinski definition) is 2. The fourth-order valence-corrected chi connectivity index (χ4v) is 3.74. The summed E-state index contributed by atoms with van der Waals surface area (Å²) in [6.07, 6.45) is 1.72. The van der Waals surface area contributed by atoms with Crippen LogP contribution in [0.4, 0.5) is 5.69 Å². The molecule has 2 heterocycles. The van der Waals surface area contributed by atoms with Gasteiger partial charge in [-0.3, -0.25) is 0 Å². The summed E-state index contributed by atoms with van der Waals surface area (Å²) < 4.78 is 0.